The standard InChI is InChI=1S/C10H11NO4S2/c12-6-9-4-10(7-16-9)17(13,14)11-5-8-2-1-3-15-8/h1-4,7,11-12H,5-6H2. The number of hydrogen-bond donors (Lipinski definition) is 2. The van der Waals surface area contributed by atoms with Gasteiger partial charge in [0.1, 0.15) is 5.76 Å². The van der Waals surface area contributed by atoms with Crippen LogP contribution < -0.4 is 4.72 Å². The SMILES string of the molecule is O=S(=O)(NCc1ccco1)c1csc(CO)c1. The van der Waals surface area contributed by atoms with E-state index in [1.54, 1.807) is 12.1 Å². The van der Waals surface area contributed by atoms with Crippen molar-refractivity contribution >= 4 is 21.4 Å². The zero-order chi connectivity index (χ0) is 12.3. The summed E-state index contributed by atoms with van der Waals surface area (Å²) >= 11 is 1.21. The van der Waals surface area contributed by atoms with E-state index in [2.05, 4.69) is 4.72 Å². The molecule has 0 aliphatic carbocycles. The maximum absolute atomic E-state index is 11.8. The van der Waals surface area contributed by atoms with Gasteiger partial charge in [-0.15, -0.1) is 11.3 Å². The molecule has 2 rings (SSSR count). The predicted molar refractivity (Wildman–Crippen MR) is 63.0 cm³/mol. The van der Waals surface area contributed by atoms with Crippen LogP contribution in [0.2, 0.25) is 0 Å². The second kappa shape index (κ2) is 5.01. The molecule has 0 bridgehead atoms. The lowest BCUT2D eigenvalue weighted by Gasteiger charge is -2.02. The second-order valence-corrected chi connectivity index (χ2v) is 6.07. The molecule has 2 aromatic heterocycles. The maximum Gasteiger partial charge on any atom is 0.241 e. The van der Waals surface area contributed by atoms with Crippen LogP contribution in [0.5, 0.6) is 0 Å². The number of nitrogens with one attached hydrogen (secondary N) is 1. The van der Waals surface area contributed by atoms with Crippen LogP contribution in [0.1, 0.15) is 10.6 Å². The summed E-state index contributed by atoms with van der Waals surface area (Å²) in [5, 5.41) is 10.4. The highest BCUT2D eigenvalue weighted by Crippen LogP contribution is 2.19. The third-order valence-electron chi connectivity index (χ3n) is 2.11. The largest absolute Gasteiger partial charge is 0.468 e. The van der Waals surface area contributed by atoms with Gasteiger partial charge in [-0.25, -0.2) is 13.1 Å². The van der Waals surface area contributed by atoms with Gasteiger partial charge in [0, 0.05) is 10.3 Å². The number of hydrogen-bond acceptors (Lipinski definition) is 5. The summed E-state index contributed by atoms with van der Waals surface area (Å²) in [6, 6.07) is 4.84. The number of sulfonamides is 1. The summed E-state index contributed by atoms with van der Waals surface area (Å²) in [7, 11) is -3.54. The van der Waals surface area contributed by atoms with Crippen LogP contribution in [0, 0.1) is 0 Å². The molecule has 0 aromatic carbocycles. The van der Waals surface area contributed by atoms with E-state index in [0.717, 1.165) is 0 Å². The molecular weight excluding hydrogens is 262 g/mol. The Morgan fingerprint density at radius 2 is 2.29 bits per heavy atom. The Labute approximate surface area is 103 Å². The summed E-state index contributed by atoms with van der Waals surface area (Å²) in [6.45, 7) is -0.0436. The Morgan fingerprint density at radius 1 is 1.47 bits per heavy atom. The molecule has 92 valence electrons. The van der Waals surface area contributed by atoms with Crippen LogP contribution in [0.4, 0.5) is 0 Å². The van der Waals surface area contributed by atoms with Crippen LogP contribution in [0.3, 0.4) is 0 Å². The molecule has 0 amide bonds. The van der Waals surface area contributed by atoms with E-state index in [-0.39, 0.29) is 18.0 Å². The number of aliphatic hydroxyl groups excluding tert-OH is 1. The topological polar surface area (TPSA) is 79.5 Å². The first-order valence-electron chi connectivity index (χ1n) is 4.82. The lowest BCUT2D eigenvalue weighted by molar-refractivity contribution is 0.285. The minimum Gasteiger partial charge on any atom is -0.468 e. The third kappa shape index (κ3) is 2.95. The molecular formula is C10H11NO4S2. The monoisotopic (exact) mass is 273 g/mol. The van der Waals surface area contributed by atoms with Gasteiger partial charge in [-0.1, -0.05) is 0 Å². The Bertz CT molecular complexity index is 571. The van der Waals surface area contributed by atoms with Crippen LogP contribution >= 0.6 is 11.3 Å². The highest BCUT2D eigenvalue weighted by molar-refractivity contribution is 7.89. The average Bonchev–Trinajstić information content (AvgIpc) is 2.98. The van der Waals surface area contributed by atoms with Gasteiger partial charge in [0.25, 0.3) is 0 Å². The fraction of sp³-hybridized carbons (Fsp3) is 0.200. The van der Waals surface area contributed by atoms with Gasteiger partial charge in [0.05, 0.1) is 24.3 Å². The number of rotatable bonds is 5. The van der Waals surface area contributed by atoms with Crippen LogP contribution in [-0.4, -0.2) is 13.5 Å². The van der Waals surface area contributed by atoms with E-state index in [1.807, 2.05) is 0 Å². The molecule has 0 radical (unpaired) electrons. The molecule has 7 heteroatoms. The lowest BCUT2D eigenvalue weighted by Crippen LogP contribution is -2.22. The van der Waals surface area contributed by atoms with Gasteiger partial charge in [-0.2, -0.15) is 0 Å². The first-order chi connectivity index (χ1) is 8.12. The maximum atomic E-state index is 11.8. The third-order valence-corrected chi connectivity index (χ3v) is 4.56. The zero-order valence-electron chi connectivity index (χ0n) is 8.79. The van der Waals surface area contributed by atoms with Gasteiger partial charge < -0.3 is 9.52 Å². The van der Waals surface area contributed by atoms with Gasteiger partial charge >= 0.3 is 0 Å². The van der Waals surface area contributed by atoms with Gasteiger partial charge in [0.15, 0.2) is 0 Å². The van der Waals surface area contributed by atoms with Crippen LogP contribution in [0.25, 0.3) is 0 Å². The summed E-state index contributed by atoms with van der Waals surface area (Å²) in [4.78, 5) is 0.779. The Balaban J connectivity index is 2.08. The second-order valence-electron chi connectivity index (χ2n) is 3.31. The molecule has 0 fully saturated rings. The minimum absolute atomic E-state index is 0.111. The zero-order valence-corrected chi connectivity index (χ0v) is 10.4. The molecule has 2 heterocycles. The van der Waals surface area contributed by atoms with E-state index < -0.39 is 10.0 Å². The molecule has 2 aromatic rings. The van der Waals surface area contributed by atoms with Crippen molar-refractivity contribution < 1.29 is 17.9 Å². The molecule has 0 unspecified atom stereocenters. The van der Waals surface area contributed by atoms with Crippen molar-refractivity contribution in [3.8, 4) is 0 Å². The van der Waals surface area contributed by atoms with Gasteiger partial charge in [-0.05, 0) is 18.2 Å². The van der Waals surface area contributed by atoms with Gasteiger partial charge in [-0.3, -0.25) is 0 Å². The van der Waals surface area contributed by atoms with E-state index in [0.29, 0.717) is 10.6 Å². The van der Waals surface area contributed by atoms with Crippen molar-refractivity contribution in [1.29, 1.82) is 0 Å². The molecule has 0 saturated carbocycles. The predicted octanol–water partition coefficient (Wildman–Crippen LogP) is 1.31. The molecule has 0 aliphatic heterocycles. The number of thiophene rings is 1. The molecule has 17 heavy (non-hydrogen) atoms. The van der Waals surface area contributed by atoms with Gasteiger partial charge in [0.2, 0.25) is 10.0 Å². The molecule has 2 N–H and O–H groups in total. The quantitative estimate of drug-likeness (QED) is 0.861. The highest BCUT2D eigenvalue weighted by Gasteiger charge is 2.16. The van der Waals surface area contributed by atoms with Crippen molar-refractivity contribution in [2.24, 2.45) is 0 Å². The number of furan rings is 1. The Kier molecular flexibility index (Phi) is 3.63. The summed E-state index contributed by atoms with van der Waals surface area (Å²) in [5.41, 5.74) is 0. The van der Waals surface area contributed by atoms with E-state index in [1.165, 1.54) is 29.0 Å². The first-order valence-corrected chi connectivity index (χ1v) is 7.18. The van der Waals surface area contributed by atoms with Crippen molar-refractivity contribution in [3.63, 3.8) is 0 Å². The highest BCUT2D eigenvalue weighted by atomic mass is 32.2. The first kappa shape index (κ1) is 12.3. The Hall–Kier alpha value is -1.15. The molecule has 0 aliphatic rings. The molecule has 0 atom stereocenters. The van der Waals surface area contributed by atoms with Crippen LogP contribution in [-0.2, 0) is 23.2 Å². The molecule has 0 saturated heterocycles. The van der Waals surface area contributed by atoms with E-state index in [4.69, 9.17) is 9.52 Å². The average molecular weight is 273 g/mol. The lowest BCUT2D eigenvalue weighted by atomic mass is 10.5. The van der Waals surface area contributed by atoms with E-state index in [9.17, 15) is 8.42 Å². The fourth-order valence-corrected chi connectivity index (χ4v) is 3.37. The van der Waals surface area contributed by atoms with Crippen molar-refractivity contribution in [2.75, 3.05) is 0 Å². The normalized spacial score (nSPS) is 11.8. The number of aliphatic hydroxyl groups is 1. The van der Waals surface area contributed by atoms with Crippen molar-refractivity contribution in [2.45, 2.75) is 18.0 Å². The summed E-state index contributed by atoms with van der Waals surface area (Å²) in [5.74, 6) is 0.547. The summed E-state index contributed by atoms with van der Waals surface area (Å²) < 4.78 is 31.1. The summed E-state index contributed by atoms with van der Waals surface area (Å²) in [6.07, 6.45) is 1.48. The van der Waals surface area contributed by atoms with E-state index >= 15 is 0 Å². The van der Waals surface area contributed by atoms with Crippen molar-refractivity contribution in [3.05, 3.63) is 40.5 Å². The molecule has 5 nitrogen and oxygen atoms in total. The fourth-order valence-electron chi connectivity index (χ4n) is 1.25. The minimum atomic E-state index is -3.54. The smallest absolute Gasteiger partial charge is 0.241 e. The molecule has 0 spiro atoms. The van der Waals surface area contributed by atoms with Crippen molar-refractivity contribution in [1.82, 2.24) is 4.72 Å². The Morgan fingerprint density at radius 3 is 2.88 bits per heavy atom. The van der Waals surface area contributed by atoms with Crippen LogP contribution in [0.15, 0.2) is 39.2 Å².